The van der Waals surface area contributed by atoms with E-state index in [1.807, 2.05) is 0 Å². The number of aromatic amines is 1. The molecule has 0 fully saturated rings. The van der Waals surface area contributed by atoms with E-state index in [-0.39, 0.29) is 6.03 Å². The molecule has 2 heterocycles. The van der Waals surface area contributed by atoms with Crippen LogP contribution in [-0.2, 0) is 19.4 Å². The van der Waals surface area contributed by atoms with Gasteiger partial charge in [0, 0.05) is 12.7 Å². The lowest BCUT2D eigenvalue weighted by molar-refractivity contribution is 0.220. The summed E-state index contributed by atoms with van der Waals surface area (Å²) in [5.41, 5.74) is 4.10. The van der Waals surface area contributed by atoms with E-state index in [1.165, 1.54) is 36.7 Å². The fourth-order valence-corrected chi connectivity index (χ4v) is 2.93. The van der Waals surface area contributed by atoms with Crippen molar-refractivity contribution < 1.29 is 4.79 Å². The van der Waals surface area contributed by atoms with E-state index in [1.54, 1.807) is 24.1 Å². The van der Waals surface area contributed by atoms with Crippen LogP contribution in [0.2, 0.25) is 5.15 Å². The number of rotatable bonds is 3. The smallest absolute Gasteiger partial charge is 0.321 e. The van der Waals surface area contributed by atoms with Crippen molar-refractivity contribution in [2.24, 2.45) is 0 Å². The molecule has 1 aliphatic carbocycles. The van der Waals surface area contributed by atoms with Crippen molar-refractivity contribution in [1.29, 1.82) is 0 Å². The van der Waals surface area contributed by atoms with Gasteiger partial charge in [0.1, 0.15) is 5.15 Å². The minimum absolute atomic E-state index is 0.195. The molecule has 0 aliphatic heterocycles. The van der Waals surface area contributed by atoms with Crippen LogP contribution >= 0.6 is 11.6 Å². The third kappa shape index (κ3) is 3.82. The first kappa shape index (κ1) is 15.8. The second-order valence-corrected chi connectivity index (χ2v) is 6.23. The number of urea groups is 1. The molecular formula is C16H20ClN5O. The maximum atomic E-state index is 12.3. The lowest BCUT2D eigenvalue weighted by Gasteiger charge is -2.17. The standard InChI is InChI=1S/C16H20ClN5O/c1-22(16(23)19-11-7-8-15(17)18-9-11)10-14-12-5-3-2-4-6-13(12)20-21-14/h7-9H,2-6,10H2,1H3,(H,19,23)(H,20,21). The predicted octanol–water partition coefficient (Wildman–Crippen LogP) is 3.39. The molecule has 122 valence electrons. The van der Waals surface area contributed by atoms with Gasteiger partial charge in [-0.3, -0.25) is 5.10 Å². The minimum Gasteiger partial charge on any atom is -0.322 e. The first-order valence-electron chi connectivity index (χ1n) is 7.82. The van der Waals surface area contributed by atoms with Crippen molar-refractivity contribution in [2.75, 3.05) is 12.4 Å². The molecule has 0 saturated heterocycles. The van der Waals surface area contributed by atoms with Gasteiger partial charge in [-0.05, 0) is 43.4 Å². The second kappa shape index (κ2) is 7.00. The zero-order valence-electron chi connectivity index (χ0n) is 13.1. The van der Waals surface area contributed by atoms with E-state index in [9.17, 15) is 4.79 Å². The van der Waals surface area contributed by atoms with E-state index in [4.69, 9.17) is 11.6 Å². The normalized spacial score (nSPS) is 14.0. The summed E-state index contributed by atoms with van der Waals surface area (Å²) < 4.78 is 0. The number of fused-ring (bicyclic) bond motifs is 1. The number of hydrogen-bond donors (Lipinski definition) is 2. The molecule has 0 spiro atoms. The van der Waals surface area contributed by atoms with Crippen molar-refractivity contribution in [3.05, 3.63) is 40.4 Å². The molecule has 0 aromatic carbocycles. The number of halogens is 1. The number of amides is 2. The van der Waals surface area contributed by atoms with Gasteiger partial charge >= 0.3 is 6.03 Å². The van der Waals surface area contributed by atoms with Crippen LogP contribution in [0.3, 0.4) is 0 Å². The summed E-state index contributed by atoms with van der Waals surface area (Å²) in [6, 6.07) is 3.17. The Bertz CT molecular complexity index is 682. The molecule has 23 heavy (non-hydrogen) atoms. The van der Waals surface area contributed by atoms with Gasteiger partial charge < -0.3 is 10.2 Å². The summed E-state index contributed by atoms with van der Waals surface area (Å²) in [6.45, 7) is 0.485. The Labute approximate surface area is 140 Å². The third-order valence-electron chi connectivity index (χ3n) is 4.10. The predicted molar refractivity (Wildman–Crippen MR) is 89.6 cm³/mol. The molecule has 2 amide bonds. The van der Waals surface area contributed by atoms with Crippen LogP contribution in [0.25, 0.3) is 0 Å². The highest BCUT2D eigenvalue weighted by Crippen LogP contribution is 2.22. The number of hydrogen-bond acceptors (Lipinski definition) is 3. The largest absolute Gasteiger partial charge is 0.322 e. The zero-order valence-corrected chi connectivity index (χ0v) is 13.9. The highest BCUT2D eigenvalue weighted by molar-refractivity contribution is 6.29. The Morgan fingerprint density at radius 2 is 2.17 bits per heavy atom. The van der Waals surface area contributed by atoms with E-state index >= 15 is 0 Å². The lowest BCUT2D eigenvalue weighted by Crippen LogP contribution is -2.31. The Morgan fingerprint density at radius 3 is 2.96 bits per heavy atom. The summed E-state index contributed by atoms with van der Waals surface area (Å²) in [6.07, 6.45) is 7.27. The fraction of sp³-hybridized carbons (Fsp3) is 0.438. The maximum absolute atomic E-state index is 12.3. The monoisotopic (exact) mass is 333 g/mol. The highest BCUT2D eigenvalue weighted by Gasteiger charge is 2.18. The Kier molecular flexibility index (Phi) is 4.81. The van der Waals surface area contributed by atoms with Gasteiger partial charge in [0.2, 0.25) is 0 Å². The fourth-order valence-electron chi connectivity index (χ4n) is 2.82. The Hall–Kier alpha value is -2.08. The van der Waals surface area contributed by atoms with E-state index in [0.717, 1.165) is 18.5 Å². The van der Waals surface area contributed by atoms with Gasteiger partial charge in [-0.15, -0.1) is 0 Å². The molecule has 0 unspecified atom stereocenters. The molecule has 3 rings (SSSR count). The molecule has 0 atom stereocenters. The molecule has 0 bridgehead atoms. The number of aryl methyl sites for hydroxylation is 1. The Morgan fingerprint density at radius 1 is 1.35 bits per heavy atom. The van der Waals surface area contributed by atoms with Gasteiger partial charge in [0.05, 0.1) is 24.1 Å². The van der Waals surface area contributed by atoms with Crippen LogP contribution in [0, 0.1) is 0 Å². The summed E-state index contributed by atoms with van der Waals surface area (Å²) in [7, 11) is 1.76. The molecule has 0 radical (unpaired) electrons. The summed E-state index contributed by atoms with van der Waals surface area (Å²) in [4.78, 5) is 17.8. The van der Waals surface area contributed by atoms with Crippen molar-refractivity contribution >= 4 is 23.3 Å². The molecule has 0 saturated carbocycles. The van der Waals surface area contributed by atoms with Crippen LogP contribution in [0.4, 0.5) is 10.5 Å². The maximum Gasteiger partial charge on any atom is 0.321 e. The van der Waals surface area contributed by atoms with Gasteiger partial charge in [-0.25, -0.2) is 9.78 Å². The number of nitrogens with zero attached hydrogens (tertiary/aromatic N) is 3. The molecular weight excluding hydrogens is 314 g/mol. The number of pyridine rings is 1. The molecule has 2 aromatic rings. The van der Waals surface area contributed by atoms with E-state index in [0.29, 0.717) is 17.4 Å². The minimum atomic E-state index is -0.195. The quantitative estimate of drug-likeness (QED) is 0.668. The van der Waals surface area contributed by atoms with Crippen LogP contribution in [0.5, 0.6) is 0 Å². The first-order chi connectivity index (χ1) is 11.1. The second-order valence-electron chi connectivity index (χ2n) is 5.84. The number of nitrogens with one attached hydrogen (secondary N) is 2. The van der Waals surface area contributed by atoms with Gasteiger partial charge in [0.15, 0.2) is 0 Å². The third-order valence-corrected chi connectivity index (χ3v) is 4.33. The number of aromatic nitrogens is 3. The molecule has 2 N–H and O–H groups in total. The number of carbonyl (C=O) groups is 1. The van der Waals surface area contributed by atoms with Crippen LogP contribution in [0.1, 0.15) is 36.2 Å². The molecule has 2 aromatic heterocycles. The van der Waals surface area contributed by atoms with E-state index in [2.05, 4.69) is 20.5 Å². The van der Waals surface area contributed by atoms with Crippen LogP contribution < -0.4 is 5.32 Å². The van der Waals surface area contributed by atoms with Gasteiger partial charge in [-0.2, -0.15) is 5.10 Å². The van der Waals surface area contributed by atoms with Crippen molar-refractivity contribution in [3.63, 3.8) is 0 Å². The topological polar surface area (TPSA) is 73.9 Å². The van der Waals surface area contributed by atoms with Crippen molar-refractivity contribution in [1.82, 2.24) is 20.1 Å². The van der Waals surface area contributed by atoms with Crippen molar-refractivity contribution in [3.8, 4) is 0 Å². The van der Waals surface area contributed by atoms with Crippen molar-refractivity contribution in [2.45, 2.75) is 38.6 Å². The number of H-pyrrole nitrogens is 1. The Balaban J connectivity index is 1.64. The van der Waals surface area contributed by atoms with Crippen LogP contribution in [0.15, 0.2) is 18.3 Å². The SMILES string of the molecule is CN(Cc1n[nH]c2c1CCCCC2)C(=O)Nc1ccc(Cl)nc1. The molecule has 7 heteroatoms. The number of carbonyl (C=O) groups excluding carboxylic acids is 1. The average molecular weight is 334 g/mol. The average Bonchev–Trinajstić information content (AvgIpc) is 2.77. The summed E-state index contributed by atoms with van der Waals surface area (Å²) >= 11 is 5.74. The highest BCUT2D eigenvalue weighted by atomic mass is 35.5. The zero-order chi connectivity index (χ0) is 16.2. The molecule has 1 aliphatic rings. The summed E-state index contributed by atoms with van der Waals surface area (Å²) in [5, 5.41) is 10.7. The van der Waals surface area contributed by atoms with E-state index < -0.39 is 0 Å². The van der Waals surface area contributed by atoms with Crippen LogP contribution in [-0.4, -0.2) is 33.2 Å². The summed E-state index contributed by atoms with van der Waals surface area (Å²) in [5.74, 6) is 0. The number of anilines is 1. The van der Waals surface area contributed by atoms with Gasteiger partial charge in [0.25, 0.3) is 0 Å². The lowest BCUT2D eigenvalue weighted by atomic mass is 10.1. The first-order valence-corrected chi connectivity index (χ1v) is 8.20. The molecule has 6 nitrogen and oxygen atoms in total. The van der Waals surface area contributed by atoms with Gasteiger partial charge in [-0.1, -0.05) is 18.0 Å².